The molecule has 1 aliphatic carbocycles. The van der Waals surface area contributed by atoms with Crippen molar-refractivity contribution in [3.63, 3.8) is 0 Å². The molecular weight excluding hydrogens is 530 g/mol. The SMILES string of the molecule is c1ccc(-c2ccc3c(c2)C2(c4ccccc4-c4ccccc42)c2cc(-c4ccccc4)ccc2N3c2ccccc2)cc1. The van der Waals surface area contributed by atoms with E-state index < -0.39 is 5.41 Å². The van der Waals surface area contributed by atoms with E-state index in [2.05, 4.69) is 181 Å². The van der Waals surface area contributed by atoms with Crippen molar-refractivity contribution in [3.05, 3.63) is 198 Å². The van der Waals surface area contributed by atoms with E-state index in [9.17, 15) is 0 Å². The molecule has 7 aromatic rings. The first-order valence-corrected chi connectivity index (χ1v) is 15.3. The van der Waals surface area contributed by atoms with Gasteiger partial charge < -0.3 is 4.90 Å². The van der Waals surface area contributed by atoms with Crippen LogP contribution < -0.4 is 4.90 Å². The maximum atomic E-state index is 2.46. The predicted molar refractivity (Wildman–Crippen MR) is 183 cm³/mol. The van der Waals surface area contributed by atoms with Crippen molar-refractivity contribution in [2.45, 2.75) is 5.41 Å². The molecular formula is C43H29N. The predicted octanol–water partition coefficient (Wildman–Crippen LogP) is 11.2. The molecule has 1 spiro atoms. The van der Waals surface area contributed by atoms with Gasteiger partial charge in [-0.1, -0.05) is 140 Å². The number of anilines is 3. The summed E-state index contributed by atoms with van der Waals surface area (Å²) in [6, 6.07) is 64.6. The number of fused-ring (bicyclic) bond motifs is 9. The highest BCUT2D eigenvalue weighted by molar-refractivity contribution is 5.97. The Morgan fingerprint density at radius 3 is 1.20 bits per heavy atom. The normalized spacial score (nSPS) is 13.6. The van der Waals surface area contributed by atoms with E-state index in [1.165, 1.54) is 67.0 Å². The van der Waals surface area contributed by atoms with Crippen molar-refractivity contribution in [1.82, 2.24) is 0 Å². The summed E-state index contributed by atoms with van der Waals surface area (Å²) in [5.41, 5.74) is 15.9. The van der Waals surface area contributed by atoms with Crippen LogP contribution in [0.4, 0.5) is 17.1 Å². The Morgan fingerprint density at radius 2 is 0.727 bits per heavy atom. The van der Waals surface area contributed by atoms with Crippen LogP contribution in [0.1, 0.15) is 22.3 Å². The average Bonchev–Trinajstić information content (AvgIpc) is 3.40. The fourth-order valence-electron chi connectivity index (χ4n) is 7.63. The minimum atomic E-state index is -0.487. The minimum absolute atomic E-state index is 0.487. The lowest BCUT2D eigenvalue weighted by atomic mass is 9.64. The molecule has 0 aromatic heterocycles. The summed E-state index contributed by atoms with van der Waals surface area (Å²) in [4.78, 5) is 2.46. The Kier molecular flexibility index (Phi) is 5.48. The molecule has 0 bridgehead atoms. The number of nitrogens with zero attached hydrogens (tertiary/aromatic N) is 1. The first kappa shape index (κ1) is 24.9. The van der Waals surface area contributed by atoms with E-state index in [-0.39, 0.29) is 0 Å². The first-order chi connectivity index (χ1) is 21.8. The van der Waals surface area contributed by atoms with Crippen LogP contribution in [-0.2, 0) is 5.41 Å². The molecule has 44 heavy (non-hydrogen) atoms. The van der Waals surface area contributed by atoms with Gasteiger partial charge in [0.1, 0.15) is 0 Å². The molecule has 0 amide bonds. The second-order valence-electron chi connectivity index (χ2n) is 11.7. The van der Waals surface area contributed by atoms with Crippen LogP contribution in [0.5, 0.6) is 0 Å². The van der Waals surface area contributed by atoms with E-state index in [1.807, 2.05) is 0 Å². The topological polar surface area (TPSA) is 3.24 Å². The second kappa shape index (κ2) is 9.69. The molecule has 0 fully saturated rings. The van der Waals surface area contributed by atoms with Crippen LogP contribution in [-0.4, -0.2) is 0 Å². The summed E-state index contributed by atoms with van der Waals surface area (Å²) in [6.07, 6.45) is 0. The zero-order valence-electron chi connectivity index (χ0n) is 24.2. The molecule has 1 heteroatoms. The van der Waals surface area contributed by atoms with Gasteiger partial charge in [-0.3, -0.25) is 0 Å². The lowest BCUT2D eigenvalue weighted by molar-refractivity contribution is 0.753. The molecule has 9 rings (SSSR count). The Hall–Kier alpha value is -5.66. The molecule has 0 saturated heterocycles. The third kappa shape index (κ3) is 3.47. The van der Waals surface area contributed by atoms with Gasteiger partial charge in [0.2, 0.25) is 0 Å². The Bertz CT molecular complexity index is 2020. The van der Waals surface area contributed by atoms with Gasteiger partial charge in [-0.15, -0.1) is 0 Å². The molecule has 1 nitrogen and oxygen atoms in total. The van der Waals surface area contributed by atoms with Crippen LogP contribution in [0.15, 0.2) is 176 Å². The third-order valence-electron chi connectivity index (χ3n) is 9.46. The number of hydrogen-bond acceptors (Lipinski definition) is 1. The fourth-order valence-corrected chi connectivity index (χ4v) is 7.63. The molecule has 0 saturated carbocycles. The van der Waals surface area contributed by atoms with Gasteiger partial charge >= 0.3 is 0 Å². The van der Waals surface area contributed by atoms with Gasteiger partial charge in [0.05, 0.1) is 16.8 Å². The zero-order chi connectivity index (χ0) is 29.1. The third-order valence-corrected chi connectivity index (χ3v) is 9.46. The van der Waals surface area contributed by atoms with E-state index in [4.69, 9.17) is 0 Å². The highest BCUT2D eigenvalue weighted by Crippen LogP contribution is 2.64. The summed E-state index contributed by atoms with van der Waals surface area (Å²) < 4.78 is 0. The van der Waals surface area contributed by atoms with E-state index in [0.717, 1.165) is 5.69 Å². The molecule has 0 atom stereocenters. The molecule has 1 aliphatic heterocycles. The van der Waals surface area contributed by atoms with Crippen molar-refractivity contribution < 1.29 is 0 Å². The summed E-state index contributed by atoms with van der Waals surface area (Å²) >= 11 is 0. The Balaban J connectivity index is 1.45. The smallest absolute Gasteiger partial charge is 0.0754 e. The van der Waals surface area contributed by atoms with Gasteiger partial charge in [0.25, 0.3) is 0 Å². The zero-order valence-corrected chi connectivity index (χ0v) is 24.2. The van der Waals surface area contributed by atoms with Crippen molar-refractivity contribution in [1.29, 1.82) is 0 Å². The van der Waals surface area contributed by atoms with Gasteiger partial charge in [-0.05, 0) is 92.0 Å². The quantitative estimate of drug-likeness (QED) is 0.208. The van der Waals surface area contributed by atoms with Gasteiger partial charge in [-0.2, -0.15) is 0 Å². The molecule has 0 unspecified atom stereocenters. The number of para-hydroxylation sites is 1. The highest BCUT2D eigenvalue weighted by atomic mass is 15.2. The van der Waals surface area contributed by atoms with Crippen LogP contribution in [0.2, 0.25) is 0 Å². The lowest BCUT2D eigenvalue weighted by Gasteiger charge is -2.45. The Labute approximate surface area is 258 Å². The van der Waals surface area contributed by atoms with Crippen molar-refractivity contribution >= 4 is 17.1 Å². The van der Waals surface area contributed by atoms with Crippen LogP contribution in [0.3, 0.4) is 0 Å². The van der Waals surface area contributed by atoms with Gasteiger partial charge in [0.15, 0.2) is 0 Å². The van der Waals surface area contributed by atoms with Crippen LogP contribution in [0.25, 0.3) is 33.4 Å². The van der Waals surface area contributed by atoms with Gasteiger partial charge in [0, 0.05) is 5.69 Å². The van der Waals surface area contributed by atoms with E-state index in [0.29, 0.717) is 0 Å². The highest BCUT2D eigenvalue weighted by Gasteiger charge is 2.51. The number of rotatable bonds is 3. The second-order valence-corrected chi connectivity index (χ2v) is 11.7. The minimum Gasteiger partial charge on any atom is -0.310 e. The summed E-state index contributed by atoms with van der Waals surface area (Å²) in [5.74, 6) is 0. The monoisotopic (exact) mass is 559 g/mol. The summed E-state index contributed by atoms with van der Waals surface area (Å²) in [5, 5.41) is 0. The molecule has 1 heterocycles. The Morgan fingerprint density at radius 1 is 0.318 bits per heavy atom. The van der Waals surface area contributed by atoms with E-state index in [1.54, 1.807) is 0 Å². The summed E-state index contributed by atoms with van der Waals surface area (Å²) in [7, 11) is 0. The largest absolute Gasteiger partial charge is 0.310 e. The standard InChI is InChI=1S/C43H29N/c1-4-14-30(15-5-1)32-24-26-41-39(28-32)43(37-22-12-10-20-35(37)36-21-11-13-23-38(36)43)40-29-33(31-16-6-2-7-17-31)25-27-42(40)44(41)34-18-8-3-9-19-34/h1-29H. The van der Waals surface area contributed by atoms with Crippen molar-refractivity contribution in [3.8, 4) is 33.4 Å². The average molecular weight is 560 g/mol. The molecule has 2 aliphatic rings. The maximum absolute atomic E-state index is 2.46. The van der Waals surface area contributed by atoms with Crippen molar-refractivity contribution in [2.75, 3.05) is 4.90 Å². The molecule has 0 N–H and O–H groups in total. The molecule has 7 aromatic carbocycles. The molecule has 0 radical (unpaired) electrons. The molecule has 206 valence electrons. The lowest BCUT2D eigenvalue weighted by Crippen LogP contribution is -2.36. The first-order valence-electron chi connectivity index (χ1n) is 15.3. The van der Waals surface area contributed by atoms with E-state index >= 15 is 0 Å². The fraction of sp³-hybridized carbons (Fsp3) is 0.0233. The maximum Gasteiger partial charge on any atom is 0.0754 e. The summed E-state index contributed by atoms with van der Waals surface area (Å²) in [6.45, 7) is 0. The van der Waals surface area contributed by atoms with Crippen LogP contribution in [0, 0.1) is 0 Å². The van der Waals surface area contributed by atoms with Crippen LogP contribution >= 0.6 is 0 Å². The number of hydrogen-bond donors (Lipinski definition) is 0. The number of benzene rings is 7. The van der Waals surface area contributed by atoms with Gasteiger partial charge in [-0.25, -0.2) is 0 Å². The van der Waals surface area contributed by atoms with Crippen molar-refractivity contribution in [2.24, 2.45) is 0 Å².